The Balaban J connectivity index is 1.77. The summed E-state index contributed by atoms with van der Waals surface area (Å²) >= 11 is 0. The van der Waals surface area contributed by atoms with Crippen LogP contribution in [0.2, 0.25) is 0 Å². The average Bonchev–Trinajstić information content (AvgIpc) is 3.18. The van der Waals surface area contributed by atoms with Gasteiger partial charge < -0.3 is 24.7 Å². The maximum absolute atomic E-state index is 5.98. The van der Waals surface area contributed by atoms with E-state index >= 15 is 0 Å². The van der Waals surface area contributed by atoms with Crippen molar-refractivity contribution >= 4 is 16.9 Å². The molecule has 2 aromatic heterocycles. The van der Waals surface area contributed by atoms with E-state index in [0.717, 1.165) is 16.8 Å². The van der Waals surface area contributed by atoms with Gasteiger partial charge in [-0.3, -0.25) is 4.57 Å². The number of aryl methyl sites for hydroxylation is 1. The van der Waals surface area contributed by atoms with E-state index in [9.17, 15) is 0 Å². The molecule has 154 valence electrons. The third-order valence-electron chi connectivity index (χ3n) is 4.77. The van der Waals surface area contributed by atoms with Crippen LogP contribution >= 0.6 is 0 Å². The van der Waals surface area contributed by atoms with Crippen LogP contribution in [0.3, 0.4) is 0 Å². The van der Waals surface area contributed by atoms with Crippen LogP contribution in [0.5, 0.6) is 28.9 Å². The van der Waals surface area contributed by atoms with Crippen LogP contribution in [-0.2, 0) is 0 Å². The van der Waals surface area contributed by atoms with Crippen LogP contribution in [0.15, 0.2) is 48.8 Å². The van der Waals surface area contributed by atoms with Crippen molar-refractivity contribution in [1.82, 2.24) is 14.5 Å². The number of benzene rings is 2. The number of pyridine rings is 1. The van der Waals surface area contributed by atoms with E-state index in [1.54, 1.807) is 39.8 Å². The molecule has 2 heterocycles. The Kier molecular flexibility index (Phi) is 5.05. The molecule has 30 heavy (non-hydrogen) atoms. The summed E-state index contributed by atoms with van der Waals surface area (Å²) in [4.78, 5) is 9.07. The van der Waals surface area contributed by atoms with Crippen LogP contribution in [0.4, 0.5) is 5.69 Å². The summed E-state index contributed by atoms with van der Waals surface area (Å²) in [5.41, 5.74) is 9.74. The van der Waals surface area contributed by atoms with Crippen molar-refractivity contribution in [2.24, 2.45) is 0 Å². The van der Waals surface area contributed by atoms with Crippen LogP contribution in [0.1, 0.15) is 5.56 Å². The van der Waals surface area contributed by atoms with Crippen molar-refractivity contribution in [3.05, 3.63) is 54.4 Å². The van der Waals surface area contributed by atoms with E-state index in [0.29, 0.717) is 40.2 Å². The average molecular weight is 406 g/mol. The molecule has 4 aromatic rings. The minimum absolute atomic E-state index is 0.431. The molecule has 4 rings (SSSR count). The zero-order chi connectivity index (χ0) is 21.3. The standard InChI is InChI=1S/C22H22N4O4/c1-13-5-6-15(11-16(13)23)30-20-8-7-17-22(25-20)26(12-24-17)14-9-18(27-2)21(29-4)19(10-14)28-3/h5-12H,23H2,1-4H3. The number of fused-ring (bicyclic) bond motifs is 1. The van der Waals surface area contributed by atoms with E-state index in [1.165, 1.54) is 0 Å². The molecule has 2 aromatic carbocycles. The van der Waals surface area contributed by atoms with Gasteiger partial charge in [0.1, 0.15) is 17.6 Å². The molecule has 0 fully saturated rings. The van der Waals surface area contributed by atoms with Gasteiger partial charge in [-0.2, -0.15) is 4.98 Å². The number of ether oxygens (including phenoxy) is 4. The second kappa shape index (κ2) is 7.82. The van der Waals surface area contributed by atoms with Crippen LogP contribution < -0.4 is 24.7 Å². The Morgan fingerprint density at radius 2 is 1.63 bits per heavy atom. The summed E-state index contributed by atoms with van der Waals surface area (Å²) in [6.45, 7) is 1.94. The lowest BCUT2D eigenvalue weighted by Gasteiger charge is -2.14. The Morgan fingerprint density at radius 3 is 2.27 bits per heavy atom. The zero-order valence-corrected chi connectivity index (χ0v) is 17.2. The van der Waals surface area contributed by atoms with E-state index in [-0.39, 0.29) is 0 Å². The first-order valence-electron chi connectivity index (χ1n) is 9.22. The topological polar surface area (TPSA) is 93.7 Å². The minimum atomic E-state index is 0.431. The van der Waals surface area contributed by atoms with Gasteiger partial charge in [0.15, 0.2) is 17.1 Å². The molecule has 0 bridgehead atoms. The molecule has 0 unspecified atom stereocenters. The molecule has 0 saturated heterocycles. The monoisotopic (exact) mass is 406 g/mol. The summed E-state index contributed by atoms with van der Waals surface area (Å²) in [6, 6.07) is 12.8. The summed E-state index contributed by atoms with van der Waals surface area (Å²) in [6.07, 6.45) is 1.69. The molecule has 0 spiro atoms. The number of hydrogen-bond donors (Lipinski definition) is 1. The molecule has 0 aliphatic heterocycles. The maximum atomic E-state index is 5.98. The normalized spacial score (nSPS) is 10.8. The first kappa shape index (κ1) is 19.4. The smallest absolute Gasteiger partial charge is 0.221 e. The highest BCUT2D eigenvalue weighted by Gasteiger charge is 2.16. The SMILES string of the molecule is COc1cc(-n2cnc3ccc(Oc4ccc(C)c(N)c4)nc32)cc(OC)c1OC. The third-order valence-corrected chi connectivity index (χ3v) is 4.77. The summed E-state index contributed by atoms with van der Waals surface area (Å²) in [5, 5.41) is 0. The number of nitrogen functional groups attached to an aromatic ring is 1. The highest BCUT2D eigenvalue weighted by molar-refractivity contribution is 5.74. The number of rotatable bonds is 6. The molecule has 0 radical (unpaired) electrons. The quantitative estimate of drug-likeness (QED) is 0.481. The maximum Gasteiger partial charge on any atom is 0.221 e. The lowest BCUT2D eigenvalue weighted by atomic mass is 10.2. The Morgan fingerprint density at radius 1 is 0.900 bits per heavy atom. The van der Waals surface area contributed by atoms with E-state index in [2.05, 4.69) is 9.97 Å². The second-order valence-corrected chi connectivity index (χ2v) is 6.61. The fourth-order valence-corrected chi connectivity index (χ4v) is 3.13. The molecule has 0 amide bonds. The zero-order valence-electron chi connectivity index (χ0n) is 17.2. The van der Waals surface area contributed by atoms with Gasteiger partial charge in [-0.25, -0.2) is 4.98 Å². The lowest BCUT2D eigenvalue weighted by molar-refractivity contribution is 0.324. The molecule has 0 atom stereocenters. The Bertz CT molecular complexity index is 1190. The highest BCUT2D eigenvalue weighted by Crippen LogP contribution is 2.39. The van der Waals surface area contributed by atoms with Crippen LogP contribution in [0.25, 0.3) is 16.9 Å². The summed E-state index contributed by atoms with van der Waals surface area (Å²) in [7, 11) is 4.71. The fraction of sp³-hybridized carbons (Fsp3) is 0.182. The van der Waals surface area contributed by atoms with Gasteiger partial charge in [-0.05, 0) is 24.6 Å². The van der Waals surface area contributed by atoms with E-state index in [1.807, 2.05) is 41.8 Å². The van der Waals surface area contributed by atoms with E-state index < -0.39 is 0 Å². The van der Waals surface area contributed by atoms with Gasteiger partial charge in [0.25, 0.3) is 0 Å². The number of anilines is 1. The number of nitrogens with zero attached hydrogens (tertiary/aromatic N) is 3. The molecule has 8 heteroatoms. The van der Waals surface area contributed by atoms with Crippen LogP contribution in [-0.4, -0.2) is 35.9 Å². The van der Waals surface area contributed by atoms with Crippen molar-refractivity contribution in [2.75, 3.05) is 27.1 Å². The molecule has 8 nitrogen and oxygen atoms in total. The first-order chi connectivity index (χ1) is 14.5. The van der Waals surface area contributed by atoms with Crippen molar-refractivity contribution in [3.8, 4) is 34.6 Å². The van der Waals surface area contributed by atoms with Crippen LogP contribution in [0, 0.1) is 6.92 Å². The third kappa shape index (κ3) is 3.43. The summed E-state index contributed by atoms with van der Waals surface area (Å²) < 4.78 is 24.1. The number of hydrogen-bond acceptors (Lipinski definition) is 7. The molecule has 0 aliphatic carbocycles. The van der Waals surface area contributed by atoms with Crippen molar-refractivity contribution in [3.63, 3.8) is 0 Å². The van der Waals surface area contributed by atoms with Crippen molar-refractivity contribution in [2.45, 2.75) is 6.92 Å². The van der Waals surface area contributed by atoms with Gasteiger partial charge in [-0.1, -0.05) is 6.07 Å². The van der Waals surface area contributed by atoms with Gasteiger partial charge in [0.05, 0.1) is 27.0 Å². The molecule has 0 aliphatic rings. The number of nitrogens with two attached hydrogens (primary N) is 1. The fourth-order valence-electron chi connectivity index (χ4n) is 3.13. The lowest BCUT2D eigenvalue weighted by Crippen LogP contribution is -2.00. The largest absolute Gasteiger partial charge is 0.493 e. The molecule has 2 N–H and O–H groups in total. The molecular formula is C22H22N4O4. The van der Waals surface area contributed by atoms with Gasteiger partial charge in [-0.15, -0.1) is 0 Å². The highest BCUT2D eigenvalue weighted by atomic mass is 16.5. The second-order valence-electron chi connectivity index (χ2n) is 6.61. The first-order valence-corrected chi connectivity index (χ1v) is 9.22. The Labute approximate surface area is 173 Å². The van der Waals surface area contributed by atoms with Crippen molar-refractivity contribution < 1.29 is 18.9 Å². The van der Waals surface area contributed by atoms with E-state index in [4.69, 9.17) is 24.7 Å². The van der Waals surface area contributed by atoms with Gasteiger partial charge in [0, 0.05) is 30.0 Å². The van der Waals surface area contributed by atoms with Crippen molar-refractivity contribution in [1.29, 1.82) is 0 Å². The molecular weight excluding hydrogens is 384 g/mol. The number of aromatic nitrogens is 3. The number of imidazole rings is 1. The van der Waals surface area contributed by atoms with Gasteiger partial charge in [0.2, 0.25) is 11.6 Å². The predicted octanol–water partition coefficient (Wildman–Crippen LogP) is 4.13. The predicted molar refractivity (Wildman–Crippen MR) is 114 cm³/mol. The molecule has 0 saturated carbocycles. The number of methoxy groups -OCH3 is 3. The minimum Gasteiger partial charge on any atom is -0.493 e. The summed E-state index contributed by atoms with van der Waals surface area (Å²) in [5.74, 6) is 2.64. The Hall–Kier alpha value is -3.94. The van der Waals surface area contributed by atoms with Gasteiger partial charge >= 0.3 is 0 Å².